The fourth-order valence-electron chi connectivity index (χ4n) is 3.70. The van der Waals surface area contributed by atoms with Gasteiger partial charge in [-0.3, -0.25) is 9.59 Å². The number of carboxylic acid groups (broad SMARTS) is 1. The first-order chi connectivity index (χ1) is 16.0. The summed E-state index contributed by atoms with van der Waals surface area (Å²) in [5.41, 5.74) is 0.122. The minimum Gasteiger partial charge on any atom is -0.481 e. The SMILES string of the molecule is CC(C)(C)OC(=O)N[C@@H](CCCNC(=O)OCc1ccccc1)C(=O)N[C@H]1CCC[C@H]1C(=O)O. The van der Waals surface area contributed by atoms with Gasteiger partial charge in [0.2, 0.25) is 5.91 Å². The highest BCUT2D eigenvalue weighted by Gasteiger charge is 2.35. The van der Waals surface area contributed by atoms with Gasteiger partial charge in [0, 0.05) is 12.6 Å². The number of carboxylic acids is 1. The number of hydrogen-bond donors (Lipinski definition) is 4. The fraction of sp³-hybridized carbons (Fsp3) is 0.583. The van der Waals surface area contributed by atoms with Crippen LogP contribution in [0, 0.1) is 5.92 Å². The molecule has 0 spiro atoms. The average molecular weight is 478 g/mol. The van der Waals surface area contributed by atoms with Crippen LogP contribution in [0.3, 0.4) is 0 Å². The number of rotatable bonds is 10. The van der Waals surface area contributed by atoms with Crippen molar-refractivity contribution in [3.63, 3.8) is 0 Å². The van der Waals surface area contributed by atoms with Gasteiger partial charge in [-0.1, -0.05) is 36.8 Å². The minimum absolute atomic E-state index is 0.143. The van der Waals surface area contributed by atoms with Crippen molar-refractivity contribution >= 4 is 24.1 Å². The number of hydrogen-bond acceptors (Lipinski definition) is 6. The van der Waals surface area contributed by atoms with E-state index >= 15 is 0 Å². The second-order valence-electron chi connectivity index (χ2n) is 9.32. The minimum atomic E-state index is -0.947. The zero-order chi connectivity index (χ0) is 25.1. The van der Waals surface area contributed by atoms with E-state index in [4.69, 9.17) is 9.47 Å². The number of alkyl carbamates (subject to hydrolysis) is 2. The van der Waals surface area contributed by atoms with Gasteiger partial charge < -0.3 is 30.5 Å². The van der Waals surface area contributed by atoms with Crippen molar-refractivity contribution in [2.75, 3.05) is 6.54 Å². The van der Waals surface area contributed by atoms with E-state index in [9.17, 15) is 24.3 Å². The molecule has 10 nitrogen and oxygen atoms in total. The molecule has 1 aromatic carbocycles. The van der Waals surface area contributed by atoms with Crippen molar-refractivity contribution in [2.24, 2.45) is 5.92 Å². The first kappa shape index (κ1) is 26.9. The van der Waals surface area contributed by atoms with Crippen LogP contribution in [0.15, 0.2) is 30.3 Å². The van der Waals surface area contributed by atoms with Crippen LogP contribution in [0.4, 0.5) is 9.59 Å². The topological polar surface area (TPSA) is 143 Å². The Morgan fingerprint density at radius 2 is 1.79 bits per heavy atom. The molecule has 0 bridgehead atoms. The summed E-state index contributed by atoms with van der Waals surface area (Å²) in [6.45, 7) is 5.51. The molecule has 1 aliphatic rings. The van der Waals surface area contributed by atoms with E-state index in [0.29, 0.717) is 25.7 Å². The van der Waals surface area contributed by atoms with Gasteiger partial charge in [0.25, 0.3) is 0 Å². The number of ether oxygens (including phenoxy) is 2. The smallest absolute Gasteiger partial charge is 0.408 e. The van der Waals surface area contributed by atoms with Gasteiger partial charge >= 0.3 is 18.2 Å². The second kappa shape index (κ2) is 12.8. The highest BCUT2D eigenvalue weighted by atomic mass is 16.6. The van der Waals surface area contributed by atoms with E-state index in [2.05, 4.69) is 16.0 Å². The van der Waals surface area contributed by atoms with Gasteiger partial charge in [-0.15, -0.1) is 0 Å². The predicted molar refractivity (Wildman–Crippen MR) is 124 cm³/mol. The Kier molecular flexibility index (Phi) is 10.2. The molecule has 0 heterocycles. The molecule has 4 N–H and O–H groups in total. The zero-order valence-corrected chi connectivity index (χ0v) is 20.0. The highest BCUT2D eigenvalue weighted by molar-refractivity contribution is 5.86. The molecule has 188 valence electrons. The van der Waals surface area contributed by atoms with E-state index in [1.807, 2.05) is 30.3 Å². The number of benzene rings is 1. The molecule has 0 unspecified atom stereocenters. The lowest BCUT2D eigenvalue weighted by Gasteiger charge is -2.25. The third-order valence-corrected chi connectivity index (χ3v) is 5.32. The van der Waals surface area contributed by atoms with Crippen LogP contribution in [-0.2, 0) is 25.7 Å². The van der Waals surface area contributed by atoms with Crippen LogP contribution >= 0.6 is 0 Å². The number of nitrogens with one attached hydrogen (secondary N) is 3. The molecule has 0 saturated heterocycles. The Balaban J connectivity index is 1.85. The third-order valence-electron chi connectivity index (χ3n) is 5.32. The zero-order valence-electron chi connectivity index (χ0n) is 20.0. The largest absolute Gasteiger partial charge is 0.481 e. The summed E-state index contributed by atoms with van der Waals surface area (Å²) in [4.78, 5) is 48.4. The van der Waals surface area contributed by atoms with Gasteiger partial charge in [0.05, 0.1) is 5.92 Å². The van der Waals surface area contributed by atoms with E-state index in [0.717, 1.165) is 5.56 Å². The molecule has 0 radical (unpaired) electrons. The lowest BCUT2D eigenvalue weighted by atomic mass is 10.0. The monoisotopic (exact) mass is 477 g/mol. The maximum absolute atomic E-state index is 12.9. The lowest BCUT2D eigenvalue weighted by molar-refractivity contribution is -0.142. The summed E-state index contributed by atoms with van der Waals surface area (Å²) in [6, 6.07) is 7.84. The molecule has 0 aliphatic heterocycles. The van der Waals surface area contributed by atoms with E-state index in [1.54, 1.807) is 20.8 Å². The molecule has 1 aliphatic carbocycles. The lowest BCUT2D eigenvalue weighted by Crippen LogP contribution is -2.52. The number of carbonyl (C=O) groups excluding carboxylic acids is 3. The maximum atomic E-state index is 12.9. The quantitative estimate of drug-likeness (QED) is 0.379. The Hall–Kier alpha value is -3.30. The van der Waals surface area contributed by atoms with Crippen LogP contribution in [0.5, 0.6) is 0 Å². The number of carbonyl (C=O) groups is 4. The maximum Gasteiger partial charge on any atom is 0.408 e. The van der Waals surface area contributed by atoms with Crippen LogP contribution in [0.1, 0.15) is 58.4 Å². The van der Waals surface area contributed by atoms with Crippen LogP contribution in [-0.4, -0.2) is 53.4 Å². The first-order valence-electron chi connectivity index (χ1n) is 11.5. The molecule has 10 heteroatoms. The van der Waals surface area contributed by atoms with Gasteiger partial charge in [0.1, 0.15) is 18.2 Å². The Bertz CT molecular complexity index is 839. The number of aliphatic carboxylic acids is 1. The standard InChI is InChI=1S/C24H35N3O7/c1-24(2,3)34-23(32)27-19(20(28)26-18-12-7-11-17(18)21(29)30)13-8-14-25-22(31)33-15-16-9-5-4-6-10-16/h4-6,9-10,17-19H,7-8,11-15H2,1-3H3,(H,25,31)(H,26,28)(H,27,32)(H,29,30)/t17-,18+,19+/m1/s1. The molecule has 1 fully saturated rings. The van der Waals surface area contributed by atoms with E-state index in [-0.39, 0.29) is 19.6 Å². The molecular formula is C24H35N3O7. The third kappa shape index (κ3) is 9.68. The second-order valence-corrected chi connectivity index (χ2v) is 9.32. The van der Waals surface area contributed by atoms with Gasteiger partial charge in [-0.05, 0) is 52.0 Å². The first-order valence-corrected chi connectivity index (χ1v) is 11.5. The Morgan fingerprint density at radius 1 is 1.09 bits per heavy atom. The average Bonchev–Trinajstić information content (AvgIpc) is 3.22. The van der Waals surface area contributed by atoms with E-state index in [1.165, 1.54) is 0 Å². The molecule has 34 heavy (non-hydrogen) atoms. The van der Waals surface area contributed by atoms with E-state index < -0.39 is 47.7 Å². The summed E-state index contributed by atoms with van der Waals surface area (Å²) < 4.78 is 10.4. The summed E-state index contributed by atoms with van der Waals surface area (Å²) in [5.74, 6) is -2.07. The molecule has 1 aromatic rings. The molecule has 3 atom stereocenters. The molecule has 0 aromatic heterocycles. The summed E-state index contributed by atoms with van der Waals surface area (Å²) in [7, 11) is 0. The van der Waals surface area contributed by atoms with Crippen molar-refractivity contribution in [3.05, 3.63) is 35.9 Å². The molecule has 2 rings (SSSR count). The highest BCUT2D eigenvalue weighted by Crippen LogP contribution is 2.26. The molecule has 3 amide bonds. The fourth-order valence-corrected chi connectivity index (χ4v) is 3.70. The van der Waals surface area contributed by atoms with Crippen LogP contribution < -0.4 is 16.0 Å². The van der Waals surface area contributed by atoms with Crippen molar-refractivity contribution in [3.8, 4) is 0 Å². The Morgan fingerprint density at radius 3 is 2.44 bits per heavy atom. The number of amides is 3. The van der Waals surface area contributed by atoms with Crippen molar-refractivity contribution in [1.82, 2.24) is 16.0 Å². The molecular weight excluding hydrogens is 442 g/mol. The van der Waals surface area contributed by atoms with Gasteiger partial charge in [-0.2, -0.15) is 0 Å². The predicted octanol–water partition coefficient (Wildman–Crippen LogP) is 2.96. The Labute approximate surface area is 199 Å². The molecule has 1 saturated carbocycles. The van der Waals surface area contributed by atoms with Crippen LogP contribution in [0.25, 0.3) is 0 Å². The summed E-state index contributed by atoms with van der Waals surface area (Å²) in [5, 5.41) is 17.3. The van der Waals surface area contributed by atoms with Crippen LogP contribution in [0.2, 0.25) is 0 Å². The van der Waals surface area contributed by atoms with Gasteiger partial charge in [-0.25, -0.2) is 9.59 Å². The van der Waals surface area contributed by atoms with Crippen molar-refractivity contribution < 1.29 is 33.8 Å². The summed E-state index contributed by atoms with van der Waals surface area (Å²) in [6.07, 6.45) is 1.04. The normalized spacial score (nSPS) is 18.4. The van der Waals surface area contributed by atoms with Crippen molar-refractivity contribution in [2.45, 2.75) is 77.2 Å². The summed E-state index contributed by atoms with van der Waals surface area (Å²) >= 11 is 0. The van der Waals surface area contributed by atoms with Crippen molar-refractivity contribution in [1.29, 1.82) is 0 Å². The van der Waals surface area contributed by atoms with Gasteiger partial charge in [0.15, 0.2) is 0 Å².